The highest BCUT2D eigenvalue weighted by Gasteiger charge is 2.14. The number of hydrogen-bond acceptors (Lipinski definition) is 3. The molecule has 1 atom stereocenters. The summed E-state index contributed by atoms with van der Waals surface area (Å²) < 4.78 is 11.9. The fourth-order valence-corrected chi connectivity index (χ4v) is 3.13. The van der Waals surface area contributed by atoms with Crippen LogP contribution in [0, 0.1) is 3.57 Å². The predicted octanol–water partition coefficient (Wildman–Crippen LogP) is 3.81. The topological polar surface area (TPSA) is 30.5 Å². The summed E-state index contributed by atoms with van der Waals surface area (Å²) in [5.41, 5.74) is 2.53. The van der Waals surface area contributed by atoms with Gasteiger partial charge in [-0.1, -0.05) is 24.3 Å². The van der Waals surface area contributed by atoms with Crippen LogP contribution in [0.5, 0.6) is 11.5 Å². The highest BCUT2D eigenvalue weighted by molar-refractivity contribution is 14.1. The second-order valence-electron chi connectivity index (χ2n) is 4.76. The summed E-state index contributed by atoms with van der Waals surface area (Å²) in [6.07, 6.45) is 0.900. The van der Waals surface area contributed by atoms with Crippen LogP contribution in [0.15, 0.2) is 42.5 Å². The van der Waals surface area contributed by atoms with E-state index in [0.29, 0.717) is 0 Å². The Kier molecular flexibility index (Phi) is 5.87. The van der Waals surface area contributed by atoms with Gasteiger partial charge in [-0.2, -0.15) is 0 Å². The molecule has 2 aromatic rings. The maximum atomic E-state index is 5.37. The third-order valence-corrected chi connectivity index (χ3v) is 4.50. The van der Waals surface area contributed by atoms with E-state index in [1.165, 1.54) is 14.7 Å². The van der Waals surface area contributed by atoms with Gasteiger partial charge in [0, 0.05) is 9.61 Å². The van der Waals surface area contributed by atoms with Crippen LogP contribution in [0.4, 0.5) is 0 Å². The molecule has 0 aliphatic heterocycles. The van der Waals surface area contributed by atoms with Gasteiger partial charge < -0.3 is 14.8 Å². The number of halogens is 1. The normalized spacial score (nSPS) is 12.0. The van der Waals surface area contributed by atoms with Gasteiger partial charge in [-0.3, -0.25) is 0 Å². The average molecular weight is 397 g/mol. The number of ether oxygens (including phenoxy) is 2. The van der Waals surface area contributed by atoms with Gasteiger partial charge >= 0.3 is 0 Å². The van der Waals surface area contributed by atoms with Gasteiger partial charge in [0.1, 0.15) is 0 Å². The molecule has 3 nitrogen and oxygen atoms in total. The molecule has 0 aliphatic carbocycles. The highest BCUT2D eigenvalue weighted by atomic mass is 127. The maximum Gasteiger partial charge on any atom is 0.160 e. The van der Waals surface area contributed by atoms with Gasteiger partial charge in [0.05, 0.1) is 14.2 Å². The Balaban J connectivity index is 2.25. The Morgan fingerprint density at radius 3 is 2.38 bits per heavy atom. The standard InChI is InChI=1S/C17H20INO2/c1-19-15(13-6-4-5-7-14(13)18)10-12-8-9-16(20-2)17(11-12)21-3/h4-9,11,15,19H,10H2,1-3H3. The molecule has 112 valence electrons. The zero-order valence-corrected chi connectivity index (χ0v) is 14.7. The third kappa shape index (κ3) is 3.89. The van der Waals surface area contributed by atoms with Crippen LogP contribution >= 0.6 is 22.6 Å². The fraction of sp³-hybridized carbons (Fsp3) is 0.294. The lowest BCUT2D eigenvalue weighted by atomic mass is 9.99. The molecule has 0 bridgehead atoms. The monoisotopic (exact) mass is 397 g/mol. The Labute approximate surface area is 139 Å². The SMILES string of the molecule is CNC(Cc1ccc(OC)c(OC)c1)c1ccccc1I. The molecule has 0 aromatic heterocycles. The smallest absolute Gasteiger partial charge is 0.160 e. The largest absolute Gasteiger partial charge is 0.493 e. The van der Waals surface area contributed by atoms with E-state index >= 15 is 0 Å². The van der Waals surface area contributed by atoms with E-state index in [9.17, 15) is 0 Å². The Morgan fingerprint density at radius 2 is 1.76 bits per heavy atom. The lowest BCUT2D eigenvalue weighted by molar-refractivity contribution is 0.354. The molecule has 0 aliphatic rings. The van der Waals surface area contributed by atoms with Crippen molar-refractivity contribution in [2.75, 3.05) is 21.3 Å². The second-order valence-corrected chi connectivity index (χ2v) is 5.92. The molecular weight excluding hydrogens is 377 g/mol. The molecule has 21 heavy (non-hydrogen) atoms. The van der Waals surface area contributed by atoms with Crippen LogP contribution in [-0.2, 0) is 6.42 Å². The van der Waals surface area contributed by atoms with Crippen molar-refractivity contribution in [2.45, 2.75) is 12.5 Å². The molecule has 0 radical (unpaired) electrons. The van der Waals surface area contributed by atoms with Crippen LogP contribution in [0.1, 0.15) is 17.2 Å². The van der Waals surface area contributed by atoms with Gasteiger partial charge in [0.25, 0.3) is 0 Å². The number of hydrogen-bond donors (Lipinski definition) is 1. The third-order valence-electron chi connectivity index (χ3n) is 3.52. The summed E-state index contributed by atoms with van der Waals surface area (Å²) in [7, 11) is 5.31. The second kappa shape index (κ2) is 7.66. The van der Waals surface area contributed by atoms with Crippen molar-refractivity contribution >= 4 is 22.6 Å². The summed E-state index contributed by atoms with van der Waals surface area (Å²) in [5, 5.41) is 3.40. The Morgan fingerprint density at radius 1 is 1.05 bits per heavy atom. The summed E-state index contributed by atoms with van der Waals surface area (Å²) >= 11 is 2.38. The van der Waals surface area contributed by atoms with Crippen molar-refractivity contribution in [3.8, 4) is 11.5 Å². The zero-order chi connectivity index (χ0) is 15.2. The first-order valence-electron chi connectivity index (χ1n) is 6.82. The van der Waals surface area contributed by atoms with E-state index in [1.54, 1.807) is 14.2 Å². The van der Waals surface area contributed by atoms with Crippen molar-refractivity contribution in [1.82, 2.24) is 5.32 Å². The van der Waals surface area contributed by atoms with Crippen molar-refractivity contribution in [2.24, 2.45) is 0 Å². The minimum Gasteiger partial charge on any atom is -0.493 e. The summed E-state index contributed by atoms with van der Waals surface area (Å²) in [5.74, 6) is 1.53. The van der Waals surface area contributed by atoms with Crippen molar-refractivity contribution in [3.05, 3.63) is 57.2 Å². The lowest BCUT2D eigenvalue weighted by Crippen LogP contribution is -2.19. The van der Waals surface area contributed by atoms with Crippen molar-refractivity contribution < 1.29 is 9.47 Å². The molecule has 1 unspecified atom stereocenters. The quantitative estimate of drug-likeness (QED) is 0.753. The van der Waals surface area contributed by atoms with Crippen molar-refractivity contribution in [3.63, 3.8) is 0 Å². The molecule has 0 fully saturated rings. The first kappa shape index (κ1) is 16.1. The van der Waals surface area contributed by atoms with Crippen LogP contribution in [0.2, 0.25) is 0 Å². The molecule has 2 rings (SSSR count). The average Bonchev–Trinajstić information content (AvgIpc) is 2.53. The van der Waals surface area contributed by atoms with E-state index < -0.39 is 0 Å². The van der Waals surface area contributed by atoms with Gasteiger partial charge in [-0.05, 0) is 65.4 Å². The number of methoxy groups -OCH3 is 2. The van der Waals surface area contributed by atoms with Crippen LogP contribution in [0.25, 0.3) is 0 Å². The predicted molar refractivity (Wildman–Crippen MR) is 94.2 cm³/mol. The van der Waals surface area contributed by atoms with Gasteiger partial charge in [-0.25, -0.2) is 0 Å². The van der Waals surface area contributed by atoms with E-state index in [2.05, 4.69) is 58.2 Å². The minimum atomic E-state index is 0.274. The molecule has 1 N–H and O–H groups in total. The van der Waals surface area contributed by atoms with E-state index in [1.807, 2.05) is 19.2 Å². The first-order chi connectivity index (χ1) is 10.2. The molecule has 0 amide bonds. The fourth-order valence-electron chi connectivity index (χ4n) is 2.37. The van der Waals surface area contributed by atoms with Crippen LogP contribution in [0.3, 0.4) is 0 Å². The molecule has 0 saturated heterocycles. The van der Waals surface area contributed by atoms with Crippen LogP contribution in [-0.4, -0.2) is 21.3 Å². The van der Waals surface area contributed by atoms with E-state index in [0.717, 1.165) is 17.9 Å². The number of benzene rings is 2. The summed E-state index contributed by atoms with van der Waals surface area (Å²) in [6, 6.07) is 14.8. The van der Waals surface area contributed by atoms with Gasteiger partial charge in [0.2, 0.25) is 0 Å². The maximum absolute atomic E-state index is 5.37. The molecular formula is C17H20INO2. The molecule has 4 heteroatoms. The molecule has 0 saturated carbocycles. The summed E-state index contributed by atoms with van der Waals surface area (Å²) in [6.45, 7) is 0. The number of rotatable bonds is 6. The highest BCUT2D eigenvalue weighted by Crippen LogP contribution is 2.30. The van der Waals surface area contributed by atoms with Crippen LogP contribution < -0.4 is 14.8 Å². The number of nitrogens with one attached hydrogen (secondary N) is 1. The van der Waals surface area contributed by atoms with Gasteiger partial charge in [-0.15, -0.1) is 0 Å². The first-order valence-corrected chi connectivity index (χ1v) is 7.90. The van der Waals surface area contributed by atoms with Gasteiger partial charge in [0.15, 0.2) is 11.5 Å². The Hall–Kier alpha value is -1.27. The Bertz CT molecular complexity index is 601. The van der Waals surface area contributed by atoms with E-state index in [-0.39, 0.29) is 6.04 Å². The zero-order valence-electron chi connectivity index (χ0n) is 12.5. The summed E-state index contributed by atoms with van der Waals surface area (Å²) in [4.78, 5) is 0. The lowest BCUT2D eigenvalue weighted by Gasteiger charge is -2.19. The number of likely N-dealkylation sites (N-methyl/N-ethyl adjacent to an activating group) is 1. The van der Waals surface area contributed by atoms with E-state index in [4.69, 9.17) is 9.47 Å². The van der Waals surface area contributed by atoms with Crippen molar-refractivity contribution in [1.29, 1.82) is 0 Å². The molecule has 0 spiro atoms. The minimum absolute atomic E-state index is 0.274. The molecule has 0 heterocycles. The molecule has 2 aromatic carbocycles.